The lowest BCUT2D eigenvalue weighted by molar-refractivity contribution is -0.361. The third-order valence-corrected chi connectivity index (χ3v) is 6.95. The molecule has 0 aromatic rings. The number of ether oxygens (including phenoxy) is 4. The Morgan fingerprint density at radius 2 is 1.27 bits per heavy atom. The van der Waals surface area contributed by atoms with E-state index in [1.807, 2.05) is 0 Å². The Morgan fingerprint density at radius 3 is 1.68 bits per heavy atom. The van der Waals surface area contributed by atoms with Gasteiger partial charge in [0.05, 0.1) is 18.2 Å². The molecule has 1 aliphatic carbocycles. The molecular weight excluding hydrogens is 648 g/mol. The van der Waals surface area contributed by atoms with Crippen LogP contribution in [-0.4, -0.2) is 164 Å². The number of likely N-dealkylation sites (N-methyl/N-ethyl adjacent to an activating group) is 1. The smallest absolute Gasteiger partial charge is 0.391 e. The van der Waals surface area contributed by atoms with Crippen LogP contribution in [0, 0.1) is 0 Å². The predicted molar refractivity (Wildman–Crippen MR) is 144 cm³/mol. The number of nitrogens with two attached hydrogens (primary N) is 3. The first-order chi connectivity index (χ1) is 19.8. The molecule has 22 nitrogen and oxygen atoms in total. The normalized spacial score (nSPS) is 44.0. The molecule has 2 unspecified atom stereocenters. The molecule has 2 aliphatic heterocycles. The zero-order valence-electron chi connectivity index (χ0n) is 23.8. The van der Waals surface area contributed by atoms with Crippen LogP contribution in [0.1, 0.15) is 26.7 Å². The maximum Gasteiger partial charge on any atom is 0.394 e. The van der Waals surface area contributed by atoms with E-state index in [9.17, 15) is 30.6 Å². The van der Waals surface area contributed by atoms with Crippen molar-refractivity contribution in [2.45, 2.75) is 118 Å². The van der Waals surface area contributed by atoms with E-state index >= 15 is 0 Å². The van der Waals surface area contributed by atoms with Crippen LogP contribution >= 0.6 is 0 Å². The molecule has 24 heteroatoms. The lowest BCUT2D eigenvalue weighted by atomic mass is 9.84. The van der Waals surface area contributed by atoms with Crippen molar-refractivity contribution in [2.24, 2.45) is 17.2 Å². The van der Waals surface area contributed by atoms with Crippen molar-refractivity contribution in [3.8, 4) is 0 Å². The van der Waals surface area contributed by atoms with Gasteiger partial charge in [-0.05, 0) is 33.7 Å². The molecule has 17 N–H and O–H groups in total. The summed E-state index contributed by atoms with van der Waals surface area (Å²) in [6.07, 6.45) is -12.3. The van der Waals surface area contributed by atoms with E-state index in [4.69, 9.17) is 71.2 Å². The van der Waals surface area contributed by atoms with Crippen molar-refractivity contribution in [2.75, 3.05) is 7.05 Å². The summed E-state index contributed by atoms with van der Waals surface area (Å²) in [6, 6.07) is -3.28. The summed E-state index contributed by atoms with van der Waals surface area (Å²) >= 11 is 0. The number of aliphatic hydroxyl groups excluding tert-OH is 5. The van der Waals surface area contributed by atoms with Gasteiger partial charge in [-0.15, -0.1) is 0 Å². The van der Waals surface area contributed by atoms with Crippen molar-refractivity contribution in [1.29, 1.82) is 0 Å². The standard InChI is InChI=1S/C20H40N4O10.2H2O4S/c1-6(25)15-13(28)12(27)11(23)19(31-15)33-17-8(22)4-7(21)16(14(17)29)32-18-9(26)5-10(24-3)20(2,30)34-18;2*1-5(2,3)4/h6-19,24-30H,4-5,21-23H2,1-3H3;2*(H2,1,2,3,4)/t6-,7+,8-,9-,10-,11+,12+,13-,14+,15+,16-,17+,18?,19?,20+;;/m0../s1. The van der Waals surface area contributed by atoms with E-state index in [1.54, 1.807) is 7.05 Å². The minimum Gasteiger partial charge on any atom is -0.391 e. The molecule has 3 rings (SSSR count). The van der Waals surface area contributed by atoms with Gasteiger partial charge >= 0.3 is 20.8 Å². The molecule has 44 heavy (non-hydrogen) atoms. The van der Waals surface area contributed by atoms with Crippen LogP contribution in [0.3, 0.4) is 0 Å². The van der Waals surface area contributed by atoms with E-state index in [-0.39, 0.29) is 12.8 Å². The van der Waals surface area contributed by atoms with Crippen LogP contribution in [0.2, 0.25) is 0 Å². The maximum absolute atomic E-state index is 11.0. The van der Waals surface area contributed by atoms with E-state index in [1.165, 1.54) is 13.8 Å². The number of nitrogens with one attached hydrogen (secondary N) is 1. The van der Waals surface area contributed by atoms with E-state index in [0.29, 0.717) is 0 Å². The highest BCUT2D eigenvalue weighted by Crippen LogP contribution is 2.33. The maximum atomic E-state index is 11.0. The second-order valence-electron chi connectivity index (χ2n) is 10.6. The highest BCUT2D eigenvalue weighted by molar-refractivity contribution is 7.80. The highest BCUT2D eigenvalue weighted by Gasteiger charge is 2.52. The first-order valence-electron chi connectivity index (χ1n) is 12.9. The number of rotatable bonds is 6. The third-order valence-electron chi connectivity index (χ3n) is 6.95. The lowest BCUT2D eigenvalue weighted by Crippen LogP contribution is -2.69. The molecule has 3 fully saturated rings. The van der Waals surface area contributed by atoms with E-state index in [0.717, 1.165) is 0 Å². The summed E-state index contributed by atoms with van der Waals surface area (Å²) in [5.74, 6) is -1.65. The second kappa shape index (κ2) is 16.3. The number of hydrogen-bond acceptors (Lipinski definition) is 18. The monoisotopic (exact) mass is 692 g/mol. The van der Waals surface area contributed by atoms with Crippen LogP contribution < -0.4 is 22.5 Å². The van der Waals surface area contributed by atoms with Crippen molar-refractivity contribution < 1.29 is 84.6 Å². The van der Waals surface area contributed by atoms with Crippen LogP contribution in [0.15, 0.2) is 0 Å². The predicted octanol–water partition coefficient (Wildman–Crippen LogP) is -6.57. The molecule has 3 aliphatic rings. The summed E-state index contributed by atoms with van der Waals surface area (Å²) in [5, 5.41) is 65.2. The van der Waals surface area contributed by atoms with Gasteiger partial charge in [-0.1, -0.05) is 0 Å². The molecule has 2 saturated heterocycles. The van der Waals surface area contributed by atoms with Crippen LogP contribution in [0.4, 0.5) is 0 Å². The summed E-state index contributed by atoms with van der Waals surface area (Å²) in [7, 11) is -7.71. The van der Waals surface area contributed by atoms with Crippen molar-refractivity contribution >= 4 is 20.8 Å². The fraction of sp³-hybridized carbons (Fsp3) is 1.00. The van der Waals surface area contributed by atoms with Gasteiger partial charge in [0.15, 0.2) is 18.4 Å². The Kier molecular flexibility index (Phi) is 15.3. The molecule has 0 radical (unpaired) electrons. The van der Waals surface area contributed by atoms with Gasteiger partial charge in [-0.3, -0.25) is 18.2 Å². The average Bonchev–Trinajstić information content (AvgIpc) is 2.83. The van der Waals surface area contributed by atoms with Crippen molar-refractivity contribution in [1.82, 2.24) is 5.32 Å². The Hall–Kier alpha value is -0.820. The quantitative estimate of drug-likeness (QED) is 0.115. The molecule has 1 saturated carbocycles. The number of aliphatic hydroxyl groups is 6. The average molecular weight is 693 g/mol. The summed E-state index contributed by atoms with van der Waals surface area (Å²) in [4.78, 5) is 0. The van der Waals surface area contributed by atoms with Crippen LogP contribution in [0.25, 0.3) is 0 Å². The summed E-state index contributed by atoms with van der Waals surface area (Å²) in [5.41, 5.74) is 18.3. The minimum absolute atomic E-state index is 0.122. The first-order valence-corrected chi connectivity index (χ1v) is 15.7. The molecule has 0 aromatic carbocycles. The Balaban J connectivity index is 0.000000837. The summed E-state index contributed by atoms with van der Waals surface area (Å²) in [6.45, 7) is 2.80. The highest BCUT2D eigenvalue weighted by atomic mass is 32.3. The Labute approximate surface area is 253 Å². The molecule has 15 atom stereocenters. The first kappa shape index (κ1) is 41.2. The van der Waals surface area contributed by atoms with E-state index in [2.05, 4.69) is 5.32 Å². The van der Waals surface area contributed by atoms with Gasteiger partial charge in [0.25, 0.3) is 0 Å². The molecule has 0 spiro atoms. The Morgan fingerprint density at radius 1 is 0.841 bits per heavy atom. The SMILES string of the molecule is CN[C@H]1C[C@H](O)C(O[C@@H]2[C@@H](O)[C@H](OC3O[C@H]([C@H](C)O)[C@@H](O)[C@H](O)[C@H]3N)[C@@H](N)C[C@H]2N)O[C@@]1(C)O.O=S(=O)(O)O.O=S(=O)(O)O. The fourth-order valence-corrected chi connectivity index (χ4v) is 4.85. The zero-order valence-corrected chi connectivity index (χ0v) is 25.4. The van der Waals surface area contributed by atoms with Gasteiger partial charge in [0.2, 0.25) is 0 Å². The van der Waals surface area contributed by atoms with Crippen molar-refractivity contribution in [3.63, 3.8) is 0 Å². The van der Waals surface area contributed by atoms with Gasteiger partial charge in [-0.2, -0.15) is 16.8 Å². The fourth-order valence-electron chi connectivity index (χ4n) is 4.85. The largest absolute Gasteiger partial charge is 0.394 e. The van der Waals surface area contributed by atoms with Crippen LogP contribution in [0.5, 0.6) is 0 Å². The third kappa shape index (κ3) is 12.8. The Bertz CT molecular complexity index is 1050. The molecule has 0 aromatic heterocycles. The molecule has 2 heterocycles. The number of hydrogen-bond donors (Lipinski definition) is 14. The molecule has 0 bridgehead atoms. The van der Waals surface area contributed by atoms with Crippen molar-refractivity contribution in [3.05, 3.63) is 0 Å². The second-order valence-corrected chi connectivity index (χ2v) is 12.4. The topological polar surface area (TPSA) is 398 Å². The van der Waals surface area contributed by atoms with Gasteiger partial charge in [0.1, 0.15) is 42.7 Å². The van der Waals surface area contributed by atoms with Gasteiger partial charge in [0, 0.05) is 12.1 Å². The lowest BCUT2D eigenvalue weighted by Gasteiger charge is -2.49. The van der Waals surface area contributed by atoms with Gasteiger partial charge < -0.3 is 72.1 Å². The van der Waals surface area contributed by atoms with Crippen LogP contribution in [-0.2, 0) is 39.7 Å². The zero-order chi connectivity index (χ0) is 34.5. The van der Waals surface area contributed by atoms with E-state index < -0.39 is 112 Å². The molecule has 264 valence electrons. The van der Waals surface area contributed by atoms with Gasteiger partial charge in [-0.25, -0.2) is 0 Å². The molecule has 0 amide bonds. The molecular formula is C20H44N4O18S2. The minimum atomic E-state index is -4.67. The summed E-state index contributed by atoms with van der Waals surface area (Å²) < 4.78 is 85.9.